The molecule has 2 aromatic heterocycles. The van der Waals surface area contributed by atoms with Crippen molar-refractivity contribution in [3.8, 4) is 5.75 Å². The Hall–Kier alpha value is -4.51. The fourth-order valence-corrected chi connectivity index (χ4v) is 3.42. The van der Waals surface area contributed by atoms with Gasteiger partial charge < -0.3 is 25.4 Å². The number of hydrogen-bond donors (Lipinski definition) is 3. The van der Waals surface area contributed by atoms with Crippen LogP contribution in [0.3, 0.4) is 0 Å². The van der Waals surface area contributed by atoms with E-state index in [0.29, 0.717) is 17.0 Å². The van der Waals surface area contributed by atoms with Crippen molar-refractivity contribution < 1.29 is 28.7 Å². The fraction of sp³-hybridized carbons (Fsp3) is 0.286. The molecule has 0 aliphatic rings. The van der Waals surface area contributed by atoms with Gasteiger partial charge >= 0.3 is 6.09 Å². The van der Waals surface area contributed by atoms with Gasteiger partial charge in [0, 0.05) is 24.5 Å². The summed E-state index contributed by atoms with van der Waals surface area (Å²) in [5, 5.41) is 8.34. The molecule has 0 unspecified atom stereocenters. The molecule has 3 rings (SSSR count). The number of carbonyl (C=O) groups is 4. The third-order valence-corrected chi connectivity index (χ3v) is 5.34. The molecule has 2 heterocycles. The van der Waals surface area contributed by atoms with Gasteiger partial charge in [-0.2, -0.15) is 0 Å². The minimum Gasteiger partial charge on any atom is -0.493 e. The number of rotatable bonds is 10. The Morgan fingerprint density at radius 3 is 2.42 bits per heavy atom. The summed E-state index contributed by atoms with van der Waals surface area (Å²) in [4.78, 5) is 58.0. The molecule has 0 radical (unpaired) electrons. The van der Waals surface area contributed by atoms with Gasteiger partial charge in [-0.3, -0.25) is 14.4 Å². The lowest BCUT2D eigenvalue weighted by atomic mass is 10.1. The average Bonchev–Trinajstić information content (AvgIpc) is 2.89. The highest BCUT2D eigenvalue weighted by molar-refractivity contribution is 6.30. The van der Waals surface area contributed by atoms with Crippen molar-refractivity contribution in [3.05, 3.63) is 76.7 Å². The van der Waals surface area contributed by atoms with Crippen LogP contribution >= 0.6 is 11.6 Å². The maximum atomic E-state index is 13.3. The van der Waals surface area contributed by atoms with E-state index in [2.05, 4.69) is 25.9 Å². The zero-order valence-electron chi connectivity index (χ0n) is 22.5. The third-order valence-electron chi connectivity index (χ3n) is 5.12. The largest absolute Gasteiger partial charge is 0.493 e. The zero-order chi connectivity index (χ0) is 29.3. The van der Waals surface area contributed by atoms with Gasteiger partial charge in [-0.25, -0.2) is 14.8 Å². The third kappa shape index (κ3) is 9.05. The van der Waals surface area contributed by atoms with Crippen LogP contribution in [0.2, 0.25) is 5.02 Å². The summed E-state index contributed by atoms with van der Waals surface area (Å²) in [6, 6.07) is 10.7. The second kappa shape index (κ2) is 13.5. The SMILES string of the molecule is CC(=O)c1ccc(C(=O)Nc2cccnc2C(=O)Nc2ccc(Cl)cn2)c(OCCCNC(=O)OC(C)(C)C)c1. The molecule has 3 aromatic rings. The molecule has 0 atom stereocenters. The Labute approximate surface area is 236 Å². The first kappa shape index (κ1) is 30.0. The number of ketones is 1. The summed E-state index contributed by atoms with van der Waals surface area (Å²) < 4.78 is 11.0. The highest BCUT2D eigenvalue weighted by Gasteiger charge is 2.20. The number of benzene rings is 1. The lowest BCUT2D eigenvalue weighted by Gasteiger charge is -2.19. The molecular formula is C28H30ClN5O6. The summed E-state index contributed by atoms with van der Waals surface area (Å²) in [6.45, 7) is 7.12. The predicted octanol–water partition coefficient (Wildman–Crippen LogP) is 5.13. The van der Waals surface area contributed by atoms with Crippen LogP contribution in [0.5, 0.6) is 5.75 Å². The molecule has 12 heteroatoms. The van der Waals surface area contributed by atoms with Gasteiger partial charge in [0.2, 0.25) is 0 Å². The van der Waals surface area contributed by atoms with Gasteiger partial charge in [0.1, 0.15) is 17.2 Å². The molecule has 0 spiro atoms. The summed E-state index contributed by atoms with van der Waals surface area (Å²) in [6.07, 6.45) is 2.67. The molecule has 40 heavy (non-hydrogen) atoms. The van der Waals surface area contributed by atoms with E-state index in [1.807, 2.05) is 0 Å². The van der Waals surface area contributed by atoms with Gasteiger partial charge in [-0.05, 0) is 70.5 Å². The first-order valence-corrected chi connectivity index (χ1v) is 12.7. The summed E-state index contributed by atoms with van der Waals surface area (Å²) in [5.41, 5.74) is -0.00173. The molecular weight excluding hydrogens is 538 g/mol. The molecule has 0 fully saturated rings. The summed E-state index contributed by atoms with van der Waals surface area (Å²) >= 11 is 5.84. The maximum Gasteiger partial charge on any atom is 0.407 e. The number of carbonyl (C=O) groups excluding carboxylic acids is 4. The fourth-order valence-electron chi connectivity index (χ4n) is 3.31. The van der Waals surface area contributed by atoms with Crippen LogP contribution in [0.25, 0.3) is 0 Å². The maximum absolute atomic E-state index is 13.3. The van der Waals surface area contributed by atoms with Crippen LogP contribution in [-0.4, -0.2) is 52.4 Å². The average molecular weight is 568 g/mol. The van der Waals surface area contributed by atoms with Crippen LogP contribution in [0.1, 0.15) is 65.3 Å². The Balaban J connectivity index is 1.71. The topological polar surface area (TPSA) is 149 Å². The molecule has 3 N–H and O–H groups in total. The second-order valence-electron chi connectivity index (χ2n) is 9.57. The minimum absolute atomic E-state index is 0.0383. The highest BCUT2D eigenvalue weighted by atomic mass is 35.5. The molecule has 3 amide bonds. The number of hydrogen-bond acceptors (Lipinski definition) is 8. The van der Waals surface area contributed by atoms with Crippen molar-refractivity contribution in [2.75, 3.05) is 23.8 Å². The number of pyridine rings is 2. The molecule has 0 aliphatic heterocycles. The van der Waals surface area contributed by atoms with E-state index >= 15 is 0 Å². The minimum atomic E-state index is -0.614. The smallest absolute Gasteiger partial charge is 0.407 e. The summed E-state index contributed by atoms with van der Waals surface area (Å²) in [5.74, 6) is -0.947. The van der Waals surface area contributed by atoms with Crippen LogP contribution in [0.4, 0.5) is 16.3 Å². The van der Waals surface area contributed by atoms with Crippen molar-refractivity contribution >= 4 is 46.8 Å². The number of nitrogens with one attached hydrogen (secondary N) is 3. The number of alkyl carbamates (subject to hydrolysis) is 1. The first-order chi connectivity index (χ1) is 18.9. The molecule has 0 saturated heterocycles. The van der Waals surface area contributed by atoms with E-state index in [0.717, 1.165) is 0 Å². The number of nitrogens with zero attached hydrogens (tertiary/aromatic N) is 2. The van der Waals surface area contributed by atoms with E-state index in [-0.39, 0.29) is 47.4 Å². The predicted molar refractivity (Wildman–Crippen MR) is 150 cm³/mol. The Bertz CT molecular complexity index is 1390. The van der Waals surface area contributed by atoms with Gasteiger partial charge in [0.25, 0.3) is 11.8 Å². The highest BCUT2D eigenvalue weighted by Crippen LogP contribution is 2.24. The molecule has 0 bridgehead atoms. The lowest BCUT2D eigenvalue weighted by molar-refractivity contribution is 0.0525. The number of Topliss-reactive ketones (excluding diaryl/α,β-unsaturated/α-hetero) is 1. The van der Waals surface area contributed by atoms with E-state index in [9.17, 15) is 19.2 Å². The molecule has 1 aromatic carbocycles. The number of aromatic nitrogens is 2. The van der Waals surface area contributed by atoms with E-state index in [4.69, 9.17) is 21.1 Å². The van der Waals surface area contributed by atoms with Crippen LogP contribution in [-0.2, 0) is 4.74 Å². The molecule has 11 nitrogen and oxygen atoms in total. The van der Waals surface area contributed by atoms with Crippen molar-refractivity contribution in [2.45, 2.75) is 39.7 Å². The van der Waals surface area contributed by atoms with Crippen LogP contribution in [0, 0.1) is 0 Å². The second-order valence-corrected chi connectivity index (χ2v) is 10.0. The van der Waals surface area contributed by atoms with E-state index < -0.39 is 23.5 Å². The quantitative estimate of drug-likeness (QED) is 0.225. The lowest BCUT2D eigenvalue weighted by Crippen LogP contribution is -2.33. The van der Waals surface area contributed by atoms with E-state index in [1.54, 1.807) is 32.9 Å². The molecule has 210 valence electrons. The van der Waals surface area contributed by atoms with Crippen LogP contribution in [0.15, 0.2) is 54.9 Å². The van der Waals surface area contributed by atoms with Crippen molar-refractivity contribution in [1.29, 1.82) is 0 Å². The Morgan fingerprint density at radius 1 is 0.975 bits per heavy atom. The standard InChI is InChI=1S/C28H30ClN5O6/c1-17(35)18-8-10-20(22(15-18)39-14-6-13-31-27(38)40-28(2,3)4)25(36)33-21-7-5-12-30-24(21)26(37)34-23-11-9-19(29)16-32-23/h5,7-12,15-16H,6,13-14H2,1-4H3,(H,31,38)(H,33,36)(H,32,34,37). The number of anilines is 2. The number of amides is 3. The van der Waals surface area contributed by atoms with Gasteiger partial charge in [0.05, 0.1) is 22.9 Å². The molecule has 0 aliphatic carbocycles. The van der Waals surface area contributed by atoms with Crippen molar-refractivity contribution in [2.24, 2.45) is 0 Å². The Morgan fingerprint density at radius 2 is 1.75 bits per heavy atom. The Kier molecular flexibility index (Phi) is 10.2. The van der Waals surface area contributed by atoms with Gasteiger partial charge in [-0.15, -0.1) is 0 Å². The first-order valence-electron chi connectivity index (χ1n) is 12.4. The number of ether oxygens (including phenoxy) is 2. The van der Waals surface area contributed by atoms with Crippen LogP contribution < -0.4 is 20.7 Å². The zero-order valence-corrected chi connectivity index (χ0v) is 23.3. The van der Waals surface area contributed by atoms with Gasteiger partial charge in [0.15, 0.2) is 11.5 Å². The van der Waals surface area contributed by atoms with Crippen molar-refractivity contribution in [1.82, 2.24) is 15.3 Å². The number of halogens is 1. The molecule has 0 saturated carbocycles. The van der Waals surface area contributed by atoms with E-state index in [1.165, 1.54) is 49.6 Å². The normalized spacial score (nSPS) is 10.8. The van der Waals surface area contributed by atoms with Gasteiger partial charge in [-0.1, -0.05) is 17.7 Å². The summed E-state index contributed by atoms with van der Waals surface area (Å²) in [7, 11) is 0. The van der Waals surface area contributed by atoms with Crippen molar-refractivity contribution in [3.63, 3.8) is 0 Å². The monoisotopic (exact) mass is 567 g/mol.